The van der Waals surface area contributed by atoms with Crippen LogP contribution in [0.25, 0.3) is 0 Å². The number of para-hydroxylation sites is 2. The first-order valence-corrected chi connectivity index (χ1v) is 7.84. The van der Waals surface area contributed by atoms with Gasteiger partial charge in [-0.25, -0.2) is 9.55 Å². The second kappa shape index (κ2) is 6.88. The summed E-state index contributed by atoms with van der Waals surface area (Å²) >= 11 is 0. The van der Waals surface area contributed by atoms with Crippen LogP contribution >= 0.6 is 0 Å². The van der Waals surface area contributed by atoms with E-state index in [1.807, 2.05) is 31.2 Å². The Morgan fingerprint density at radius 2 is 2.17 bits per heavy atom. The van der Waals surface area contributed by atoms with Gasteiger partial charge in [-0.2, -0.15) is 0 Å². The molecule has 0 spiro atoms. The van der Waals surface area contributed by atoms with E-state index in [0.29, 0.717) is 25.5 Å². The van der Waals surface area contributed by atoms with E-state index in [4.69, 9.17) is 9.47 Å². The molecule has 1 aliphatic heterocycles. The highest BCUT2D eigenvalue weighted by molar-refractivity contribution is 5.40. The predicted octanol–water partition coefficient (Wildman–Crippen LogP) is 1.99. The van der Waals surface area contributed by atoms with E-state index >= 15 is 0 Å². The van der Waals surface area contributed by atoms with Gasteiger partial charge in [0.15, 0.2) is 11.5 Å². The van der Waals surface area contributed by atoms with Crippen LogP contribution in [0.1, 0.15) is 12.7 Å². The molecule has 0 saturated carbocycles. The van der Waals surface area contributed by atoms with Crippen molar-refractivity contribution in [3.8, 4) is 11.5 Å². The van der Waals surface area contributed by atoms with Crippen LogP contribution in [-0.2, 0) is 13.6 Å². The largest absolute Gasteiger partial charge is 0.486 e. The van der Waals surface area contributed by atoms with E-state index in [2.05, 4.69) is 9.88 Å². The molecule has 2 aromatic rings. The Labute approximate surface area is 139 Å². The molecule has 0 bridgehead atoms. The lowest BCUT2D eigenvalue weighted by Gasteiger charge is -2.30. The summed E-state index contributed by atoms with van der Waals surface area (Å²) in [6, 6.07) is 7.60. The first-order chi connectivity index (χ1) is 11.6. The van der Waals surface area contributed by atoms with Crippen molar-refractivity contribution < 1.29 is 14.4 Å². The Kier molecular flexibility index (Phi) is 4.66. The Hall–Kier alpha value is -2.61. The minimum Gasteiger partial charge on any atom is -0.486 e. The molecule has 1 aromatic heterocycles. The van der Waals surface area contributed by atoms with E-state index < -0.39 is 4.92 Å². The van der Waals surface area contributed by atoms with E-state index in [1.54, 1.807) is 7.05 Å². The summed E-state index contributed by atoms with van der Waals surface area (Å²) in [4.78, 5) is 16.8. The van der Waals surface area contributed by atoms with Crippen molar-refractivity contribution in [1.82, 2.24) is 14.5 Å². The van der Waals surface area contributed by atoms with Crippen molar-refractivity contribution in [1.29, 1.82) is 0 Å². The summed E-state index contributed by atoms with van der Waals surface area (Å²) in [6.07, 6.45) is 1.20. The third-order valence-electron chi connectivity index (χ3n) is 4.09. The van der Waals surface area contributed by atoms with Gasteiger partial charge in [0.1, 0.15) is 18.9 Å². The normalized spacial score (nSPS) is 16.4. The average Bonchev–Trinajstić information content (AvgIpc) is 2.95. The number of benzene rings is 1. The fourth-order valence-corrected chi connectivity index (χ4v) is 2.70. The molecule has 24 heavy (non-hydrogen) atoms. The van der Waals surface area contributed by atoms with E-state index in [9.17, 15) is 10.1 Å². The zero-order chi connectivity index (χ0) is 17.1. The number of rotatable bonds is 6. The number of ether oxygens (including phenoxy) is 2. The summed E-state index contributed by atoms with van der Waals surface area (Å²) in [5.74, 6) is 2.15. The predicted molar refractivity (Wildman–Crippen MR) is 87.2 cm³/mol. The van der Waals surface area contributed by atoms with Gasteiger partial charge in [0, 0.05) is 6.54 Å². The number of fused-ring (bicyclic) bond motifs is 1. The molecule has 0 fully saturated rings. The molecule has 0 amide bonds. The van der Waals surface area contributed by atoms with Crippen LogP contribution in [0, 0.1) is 10.1 Å². The lowest BCUT2D eigenvalue weighted by atomic mass is 10.2. The van der Waals surface area contributed by atoms with Gasteiger partial charge < -0.3 is 19.6 Å². The molecule has 0 unspecified atom stereocenters. The van der Waals surface area contributed by atoms with Gasteiger partial charge in [0.2, 0.25) is 5.82 Å². The summed E-state index contributed by atoms with van der Waals surface area (Å²) in [5, 5.41) is 10.9. The Balaban J connectivity index is 1.65. The van der Waals surface area contributed by atoms with E-state index in [0.717, 1.165) is 18.0 Å². The summed E-state index contributed by atoms with van der Waals surface area (Å²) in [7, 11) is 1.66. The maximum absolute atomic E-state index is 10.9. The highest BCUT2D eigenvalue weighted by Crippen LogP contribution is 2.31. The van der Waals surface area contributed by atoms with Gasteiger partial charge in [0.25, 0.3) is 0 Å². The molecular formula is C16H20N4O4. The minimum atomic E-state index is -0.429. The third-order valence-corrected chi connectivity index (χ3v) is 4.09. The van der Waals surface area contributed by atoms with Crippen molar-refractivity contribution in [2.45, 2.75) is 19.6 Å². The van der Waals surface area contributed by atoms with Crippen LogP contribution in [0.2, 0.25) is 0 Å². The standard InChI is InChI=1S/C16H20N4O4/c1-3-19(10-15-17-8-16(18(15)2)20(21)22)9-12-11-23-13-6-4-5-7-14(13)24-12/h4-8,12H,3,9-11H2,1-2H3/t12-/m0/s1. The highest BCUT2D eigenvalue weighted by atomic mass is 16.6. The Morgan fingerprint density at radius 3 is 2.83 bits per heavy atom. The summed E-state index contributed by atoms with van der Waals surface area (Å²) in [6.45, 7) is 4.47. The molecule has 0 saturated heterocycles. The molecule has 128 valence electrons. The fourth-order valence-electron chi connectivity index (χ4n) is 2.70. The maximum Gasteiger partial charge on any atom is 0.342 e. The average molecular weight is 332 g/mol. The van der Waals surface area contributed by atoms with Crippen LogP contribution in [0.15, 0.2) is 30.5 Å². The minimum absolute atomic E-state index is 0.00719. The van der Waals surface area contributed by atoms with E-state index in [1.165, 1.54) is 10.8 Å². The molecule has 0 radical (unpaired) electrons. The number of hydrogen-bond donors (Lipinski definition) is 0. The summed E-state index contributed by atoms with van der Waals surface area (Å²) in [5.41, 5.74) is 0. The van der Waals surface area contributed by atoms with Gasteiger partial charge >= 0.3 is 5.82 Å². The van der Waals surface area contributed by atoms with Crippen LogP contribution in [0.4, 0.5) is 5.82 Å². The maximum atomic E-state index is 10.9. The van der Waals surface area contributed by atoms with Gasteiger partial charge in [-0.1, -0.05) is 19.1 Å². The quantitative estimate of drug-likeness (QED) is 0.594. The first kappa shape index (κ1) is 16.3. The van der Waals surface area contributed by atoms with Crippen LogP contribution < -0.4 is 9.47 Å². The number of hydrogen-bond acceptors (Lipinski definition) is 6. The monoisotopic (exact) mass is 332 g/mol. The summed E-state index contributed by atoms with van der Waals surface area (Å²) < 4.78 is 13.2. The third kappa shape index (κ3) is 3.33. The van der Waals surface area contributed by atoms with Gasteiger partial charge in [-0.15, -0.1) is 0 Å². The zero-order valence-electron chi connectivity index (χ0n) is 13.7. The molecule has 8 heteroatoms. The number of nitro groups is 1. The number of aromatic nitrogens is 2. The van der Waals surface area contributed by atoms with Crippen molar-refractivity contribution in [2.24, 2.45) is 7.05 Å². The highest BCUT2D eigenvalue weighted by Gasteiger charge is 2.25. The SMILES string of the molecule is CCN(Cc1ncc([N+](=O)[O-])n1C)C[C@H]1COc2ccccc2O1. The van der Waals surface area contributed by atoms with Crippen molar-refractivity contribution >= 4 is 5.82 Å². The molecule has 0 aliphatic carbocycles. The van der Waals surface area contributed by atoms with E-state index in [-0.39, 0.29) is 11.9 Å². The zero-order valence-corrected chi connectivity index (χ0v) is 13.7. The Morgan fingerprint density at radius 1 is 1.42 bits per heavy atom. The second-order valence-electron chi connectivity index (χ2n) is 5.67. The smallest absolute Gasteiger partial charge is 0.342 e. The topological polar surface area (TPSA) is 82.7 Å². The molecule has 3 rings (SSSR count). The first-order valence-electron chi connectivity index (χ1n) is 7.84. The van der Waals surface area contributed by atoms with Gasteiger partial charge in [0.05, 0.1) is 13.6 Å². The molecule has 8 nitrogen and oxygen atoms in total. The lowest BCUT2D eigenvalue weighted by Crippen LogP contribution is -2.41. The number of nitrogens with zero attached hydrogens (tertiary/aromatic N) is 4. The molecule has 1 atom stereocenters. The van der Waals surface area contributed by atoms with Crippen LogP contribution in [0.5, 0.6) is 11.5 Å². The number of imidazole rings is 1. The van der Waals surface area contributed by atoms with Crippen LogP contribution in [0.3, 0.4) is 0 Å². The Bertz CT molecular complexity index is 731. The molecule has 1 aromatic carbocycles. The fraction of sp³-hybridized carbons (Fsp3) is 0.438. The van der Waals surface area contributed by atoms with Crippen molar-refractivity contribution in [3.05, 3.63) is 46.4 Å². The molecule has 1 aliphatic rings. The molecular weight excluding hydrogens is 312 g/mol. The number of likely N-dealkylation sites (N-methyl/N-ethyl adjacent to an activating group) is 1. The van der Waals surface area contributed by atoms with Crippen molar-refractivity contribution in [2.75, 3.05) is 19.7 Å². The second-order valence-corrected chi connectivity index (χ2v) is 5.67. The van der Waals surface area contributed by atoms with Crippen molar-refractivity contribution in [3.63, 3.8) is 0 Å². The molecule has 0 N–H and O–H groups in total. The van der Waals surface area contributed by atoms with Gasteiger partial charge in [-0.3, -0.25) is 4.90 Å². The van der Waals surface area contributed by atoms with Crippen LogP contribution in [-0.4, -0.2) is 45.2 Å². The molecule has 2 heterocycles. The lowest BCUT2D eigenvalue weighted by molar-refractivity contribution is -0.391. The van der Waals surface area contributed by atoms with Gasteiger partial charge in [-0.05, 0) is 23.6 Å².